The SMILES string of the molecule is O=C(c1cccc(Cl)c1)N1CCN(C(=O)C(c2ccccc2)c2ccccc2)CC1. The third-order valence-corrected chi connectivity index (χ3v) is 5.70. The van der Waals surface area contributed by atoms with Crippen molar-refractivity contribution in [3.63, 3.8) is 0 Å². The summed E-state index contributed by atoms with van der Waals surface area (Å²) in [6, 6.07) is 26.7. The molecule has 2 amide bonds. The lowest BCUT2D eigenvalue weighted by Crippen LogP contribution is -2.51. The highest BCUT2D eigenvalue weighted by Gasteiger charge is 2.31. The summed E-state index contributed by atoms with van der Waals surface area (Å²) in [5.41, 5.74) is 2.53. The summed E-state index contributed by atoms with van der Waals surface area (Å²) in [6.45, 7) is 2.05. The molecule has 0 aromatic heterocycles. The van der Waals surface area contributed by atoms with E-state index in [1.54, 1.807) is 29.2 Å². The number of halogens is 1. The molecule has 0 saturated carbocycles. The average Bonchev–Trinajstić information content (AvgIpc) is 2.80. The van der Waals surface area contributed by atoms with E-state index in [0.29, 0.717) is 36.8 Å². The van der Waals surface area contributed by atoms with Crippen LogP contribution in [0.2, 0.25) is 5.02 Å². The molecule has 1 aliphatic heterocycles. The van der Waals surface area contributed by atoms with Gasteiger partial charge in [-0.05, 0) is 29.3 Å². The van der Waals surface area contributed by atoms with Crippen LogP contribution in [0.5, 0.6) is 0 Å². The van der Waals surface area contributed by atoms with E-state index < -0.39 is 0 Å². The molecule has 0 radical (unpaired) electrons. The van der Waals surface area contributed by atoms with Crippen molar-refractivity contribution in [3.8, 4) is 0 Å². The molecule has 30 heavy (non-hydrogen) atoms. The van der Waals surface area contributed by atoms with Crippen LogP contribution in [0.25, 0.3) is 0 Å². The Morgan fingerprint density at radius 1 is 0.700 bits per heavy atom. The van der Waals surface area contributed by atoms with Gasteiger partial charge in [-0.15, -0.1) is 0 Å². The lowest BCUT2D eigenvalue weighted by atomic mass is 9.90. The number of piperazine rings is 1. The lowest BCUT2D eigenvalue weighted by molar-refractivity contribution is -0.133. The number of benzene rings is 3. The molecule has 0 N–H and O–H groups in total. The first kappa shape index (κ1) is 20.2. The van der Waals surface area contributed by atoms with E-state index in [1.165, 1.54) is 0 Å². The third kappa shape index (κ3) is 4.39. The molecule has 0 bridgehead atoms. The molecular formula is C25H23ClN2O2. The van der Waals surface area contributed by atoms with E-state index in [2.05, 4.69) is 0 Å². The van der Waals surface area contributed by atoms with Gasteiger partial charge in [0, 0.05) is 36.8 Å². The summed E-state index contributed by atoms with van der Waals surface area (Å²) >= 11 is 6.02. The molecule has 4 nitrogen and oxygen atoms in total. The first-order valence-electron chi connectivity index (χ1n) is 10.1. The summed E-state index contributed by atoms with van der Waals surface area (Å²) in [7, 11) is 0. The van der Waals surface area contributed by atoms with Crippen molar-refractivity contribution in [2.45, 2.75) is 5.92 Å². The maximum atomic E-state index is 13.5. The largest absolute Gasteiger partial charge is 0.338 e. The summed E-state index contributed by atoms with van der Waals surface area (Å²) in [5, 5.41) is 0.545. The minimum Gasteiger partial charge on any atom is -0.338 e. The number of hydrogen-bond acceptors (Lipinski definition) is 2. The van der Waals surface area contributed by atoms with Crippen LogP contribution in [0.1, 0.15) is 27.4 Å². The highest BCUT2D eigenvalue weighted by Crippen LogP contribution is 2.27. The highest BCUT2D eigenvalue weighted by atomic mass is 35.5. The van der Waals surface area contributed by atoms with Crippen molar-refractivity contribution in [2.24, 2.45) is 0 Å². The summed E-state index contributed by atoms with van der Waals surface area (Å²) in [4.78, 5) is 29.9. The monoisotopic (exact) mass is 418 g/mol. The van der Waals surface area contributed by atoms with Gasteiger partial charge in [-0.25, -0.2) is 0 Å². The lowest BCUT2D eigenvalue weighted by Gasteiger charge is -2.36. The Bertz CT molecular complexity index is 976. The van der Waals surface area contributed by atoms with Crippen LogP contribution in [-0.4, -0.2) is 47.8 Å². The second-order valence-corrected chi connectivity index (χ2v) is 7.82. The molecule has 1 aliphatic rings. The molecule has 152 valence electrons. The predicted octanol–water partition coefficient (Wildman–Crippen LogP) is 4.46. The smallest absolute Gasteiger partial charge is 0.254 e. The van der Waals surface area contributed by atoms with Crippen LogP contribution in [0, 0.1) is 0 Å². The maximum absolute atomic E-state index is 13.5. The van der Waals surface area contributed by atoms with Crippen molar-refractivity contribution < 1.29 is 9.59 Å². The Kier molecular flexibility index (Phi) is 6.15. The molecule has 3 aromatic carbocycles. The van der Waals surface area contributed by atoms with Crippen LogP contribution in [0.4, 0.5) is 0 Å². The number of amides is 2. The van der Waals surface area contributed by atoms with Gasteiger partial charge in [0.05, 0.1) is 5.92 Å². The third-order valence-electron chi connectivity index (χ3n) is 5.46. The van der Waals surface area contributed by atoms with E-state index >= 15 is 0 Å². The van der Waals surface area contributed by atoms with Gasteiger partial charge in [-0.3, -0.25) is 9.59 Å². The minimum atomic E-state index is -0.345. The Morgan fingerprint density at radius 2 is 1.23 bits per heavy atom. The normalized spacial score (nSPS) is 14.1. The zero-order valence-corrected chi connectivity index (χ0v) is 17.3. The molecular weight excluding hydrogens is 396 g/mol. The standard InChI is InChI=1S/C25H23ClN2O2/c26-22-13-7-12-21(18-22)24(29)27-14-16-28(17-15-27)25(30)23(19-8-3-1-4-9-19)20-10-5-2-6-11-20/h1-13,18,23H,14-17H2. The van der Waals surface area contributed by atoms with Crippen LogP contribution in [0.3, 0.4) is 0 Å². The van der Waals surface area contributed by atoms with Gasteiger partial charge in [-0.1, -0.05) is 78.3 Å². The number of rotatable bonds is 4. The number of carbonyl (C=O) groups is 2. The van der Waals surface area contributed by atoms with Crippen molar-refractivity contribution >= 4 is 23.4 Å². The molecule has 0 atom stereocenters. The van der Waals surface area contributed by atoms with Crippen molar-refractivity contribution in [1.29, 1.82) is 0 Å². The molecule has 0 unspecified atom stereocenters. The number of nitrogens with zero attached hydrogens (tertiary/aromatic N) is 2. The van der Waals surface area contributed by atoms with Crippen molar-refractivity contribution in [1.82, 2.24) is 9.80 Å². The predicted molar refractivity (Wildman–Crippen MR) is 119 cm³/mol. The molecule has 1 saturated heterocycles. The second kappa shape index (κ2) is 9.14. The average molecular weight is 419 g/mol. The van der Waals surface area contributed by atoms with Gasteiger partial charge >= 0.3 is 0 Å². The topological polar surface area (TPSA) is 40.6 Å². The zero-order chi connectivity index (χ0) is 20.9. The highest BCUT2D eigenvalue weighted by molar-refractivity contribution is 6.30. The van der Waals surface area contributed by atoms with Crippen LogP contribution >= 0.6 is 11.6 Å². The van der Waals surface area contributed by atoms with Gasteiger partial charge in [0.1, 0.15) is 0 Å². The van der Waals surface area contributed by atoms with Gasteiger partial charge in [-0.2, -0.15) is 0 Å². The van der Waals surface area contributed by atoms with Crippen LogP contribution in [0.15, 0.2) is 84.9 Å². The fraction of sp³-hybridized carbons (Fsp3) is 0.200. The Labute approximate surface area is 181 Å². The minimum absolute atomic E-state index is 0.0488. The molecule has 1 heterocycles. The quantitative estimate of drug-likeness (QED) is 0.627. The van der Waals surface area contributed by atoms with Gasteiger partial charge in [0.2, 0.25) is 5.91 Å². The maximum Gasteiger partial charge on any atom is 0.254 e. The van der Waals surface area contributed by atoms with Gasteiger partial charge in [0.15, 0.2) is 0 Å². The first-order valence-corrected chi connectivity index (χ1v) is 10.4. The summed E-state index contributed by atoms with van der Waals surface area (Å²) < 4.78 is 0. The van der Waals surface area contributed by atoms with Crippen molar-refractivity contribution in [2.75, 3.05) is 26.2 Å². The van der Waals surface area contributed by atoms with E-state index in [0.717, 1.165) is 11.1 Å². The Balaban J connectivity index is 1.49. The van der Waals surface area contributed by atoms with Crippen LogP contribution in [-0.2, 0) is 4.79 Å². The molecule has 5 heteroatoms. The Morgan fingerprint density at radius 3 is 1.77 bits per heavy atom. The van der Waals surface area contributed by atoms with E-state index in [4.69, 9.17) is 11.6 Å². The Hall–Kier alpha value is -3.11. The molecule has 0 aliphatic carbocycles. The summed E-state index contributed by atoms with van der Waals surface area (Å²) in [5.74, 6) is -0.322. The van der Waals surface area contributed by atoms with E-state index in [-0.39, 0.29) is 17.7 Å². The van der Waals surface area contributed by atoms with E-state index in [9.17, 15) is 9.59 Å². The van der Waals surface area contributed by atoms with Gasteiger partial charge < -0.3 is 9.80 Å². The van der Waals surface area contributed by atoms with Gasteiger partial charge in [0.25, 0.3) is 5.91 Å². The first-order chi connectivity index (χ1) is 14.6. The molecule has 1 fully saturated rings. The second-order valence-electron chi connectivity index (χ2n) is 7.38. The van der Waals surface area contributed by atoms with E-state index in [1.807, 2.05) is 65.6 Å². The molecule has 3 aromatic rings. The zero-order valence-electron chi connectivity index (χ0n) is 16.6. The van der Waals surface area contributed by atoms with Crippen LogP contribution < -0.4 is 0 Å². The fourth-order valence-corrected chi connectivity index (χ4v) is 4.08. The number of carbonyl (C=O) groups excluding carboxylic acids is 2. The molecule has 0 spiro atoms. The number of hydrogen-bond donors (Lipinski definition) is 0. The fourth-order valence-electron chi connectivity index (χ4n) is 3.89. The summed E-state index contributed by atoms with van der Waals surface area (Å²) in [6.07, 6.45) is 0. The van der Waals surface area contributed by atoms with Crippen molar-refractivity contribution in [3.05, 3.63) is 107 Å². The molecule has 4 rings (SSSR count).